The molecule has 0 unspecified atom stereocenters. The zero-order valence-corrected chi connectivity index (χ0v) is 10.1. The lowest BCUT2D eigenvalue weighted by Gasteiger charge is -2.39. The lowest BCUT2D eigenvalue weighted by atomic mass is 9.76. The van der Waals surface area contributed by atoms with Crippen LogP contribution in [0.15, 0.2) is 0 Å². The van der Waals surface area contributed by atoms with Crippen LogP contribution in [0.4, 0.5) is 0 Å². The fourth-order valence-electron chi connectivity index (χ4n) is 3.15. The molecule has 1 N–H and O–H groups in total. The van der Waals surface area contributed by atoms with E-state index in [0.717, 1.165) is 19.3 Å². The maximum absolute atomic E-state index is 10.7. The summed E-state index contributed by atoms with van der Waals surface area (Å²) in [7, 11) is 0. The summed E-state index contributed by atoms with van der Waals surface area (Å²) in [5, 5.41) is 10.7. The second-order valence-corrected chi connectivity index (χ2v) is 5.92. The smallest absolute Gasteiger partial charge is 0.190 e. The molecular weight excluding hydrogens is 208 g/mol. The van der Waals surface area contributed by atoms with Crippen molar-refractivity contribution in [3.63, 3.8) is 0 Å². The van der Waals surface area contributed by atoms with Gasteiger partial charge in [-0.25, -0.2) is 0 Å². The number of rotatable bonds is 0. The number of fused-ring (bicyclic) bond motifs is 3. The first-order valence-electron chi connectivity index (χ1n) is 6.14. The lowest BCUT2D eigenvalue weighted by molar-refractivity contribution is -0.236. The monoisotopic (exact) mass is 228 g/mol. The highest BCUT2D eigenvalue weighted by Crippen LogP contribution is 2.49. The minimum atomic E-state index is -0.842. The molecule has 16 heavy (non-hydrogen) atoms. The molecule has 2 heterocycles. The molecule has 4 nitrogen and oxygen atoms in total. The van der Waals surface area contributed by atoms with E-state index in [2.05, 4.69) is 6.92 Å². The molecule has 5 atom stereocenters. The quantitative estimate of drug-likeness (QED) is 0.681. The van der Waals surface area contributed by atoms with Gasteiger partial charge in [0.15, 0.2) is 12.1 Å². The second kappa shape index (κ2) is 3.19. The first kappa shape index (κ1) is 11.0. The van der Waals surface area contributed by atoms with Crippen molar-refractivity contribution in [1.82, 2.24) is 0 Å². The highest BCUT2D eigenvalue weighted by Gasteiger charge is 2.63. The molecule has 1 aliphatic carbocycles. The van der Waals surface area contributed by atoms with Gasteiger partial charge in [0.25, 0.3) is 0 Å². The summed E-state index contributed by atoms with van der Waals surface area (Å²) in [6, 6.07) is 0. The Hall–Kier alpha value is -0.160. The maximum Gasteiger partial charge on any atom is 0.190 e. The summed E-state index contributed by atoms with van der Waals surface area (Å²) in [6.45, 7) is 5.92. The third-order valence-corrected chi connectivity index (χ3v) is 4.06. The Kier molecular flexibility index (Phi) is 2.19. The Bertz CT molecular complexity index is 303. The van der Waals surface area contributed by atoms with Crippen molar-refractivity contribution in [2.24, 2.45) is 5.92 Å². The summed E-state index contributed by atoms with van der Waals surface area (Å²) in [5.74, 6) is -0.0313. The molecule has 3 aliphatic rings. The molecule has 92 valence electrons. The topological polar surface area (TPSA) is 47.9 Å². The van der Waals surface area contributed by atoms with Gasteiger partial charge in [0.05, 0.1) is 6.10 Å². The van der Waals surface area contributed by atoms with Gasteiger partial charge in [0, 0.05) is 0 Å². The van der Waals surface area contributed by atoms with Gasteiger partial charge >= 0.3 is 0 Å². The maximum atomic E-state index is 10.7. The van der Waals surface area contributed by atoms with Gasteiger partial charge in [-0.1, -0.05) is 6.92 Å². The molecule has 0 aromatic heterocycles. The van der Waals surface area contributed by atoms with E-state index in [1.807, 2.05) is 13.8 Å². The minimum absolute atomic E-state index is 0.123. The molecule has 0 aromatic rings. The third kappa shape index (κ3) is 1.44. The number of hydrogen-bond donors (Lipinski definition) is 1. The van der Waals surface area contributed by atoms with E-state index < -0.39 is 17.7 Å². The van der Waals surface area contributed by atoms with Crippen molar-refractivity contribution in [2.45, 2.75) is 69.9 Å². The van der Waals surface area contributed by atoms with Crippen molar-refractivity contribution in [2.75, 3.05) is 0 Å². The molecule has 4 heteroatoms. The summed E-state index contributed by atoms with van der Waals surface area (Å²) in [6.07, 6.45) is 1.84. The van der Waals surface area contributed by atoms with E-state index >= 15 is 0 Å². The normalized spacial score (nSPS) is 54.8. The van der Waals surface area contributed by atoms with Crippen molar-refractivity contribution >= 4 is 0 Å². The van der Waals surface area contributed by atoms with E-state index in [9.17, 15) is 5.11 Å². The zero-order valence-electron chi connectivity index (χ0n) is 10.1. The van der Waals surface area contributed by atoms with Gasteiger partial charge in [0.2, 0.25) is 0 Å². The van der Waals surface area contributed by atoms with Gasteiger partial charge in [-0.15, -0.1) is 0 Å². The van der Waals surface area contributed by atoms with Gasteiger partial charge in [0.1, 0.15) is 11.7 Å². The molecular formula is C12H20O4. The van der Waals surface area contributed by atoms with Crippen LogP contribution in [-0.2, 0) is 14.2 Å². The van der Waals surface area contributed by atoms with Crippen LogP contribution in [0, 0.1) is 5.92 Å². The molecule has 2 saturated heterocycles. The van der Waals surface area contributed by atoms with E-state index in [0.29, 0.717) is 5.92 Å². The highest BCUT2D eigenvalue weighted by atomic mass is 16.8. The van der Waals surface area contributed by atoms with Crippen LogP contribution in [0.1, 0.15) is 40.0 Å². The van der Waals surface area contributed by atoms with E-state index in [1.165, 1.54) is 0 Å². The van der Waals surface area contributed by atoms with Crippen molar-refractivity contribution in [3.05, 3.63) is 0 Å². The molecule has 1 saturated carbocycles. The fourth-order valence-corrected chi connectivity index (χ4v) is 3.15. The fraction of sp³-hybridized carbons (Fsp3) is 1.00. The summed E-state index contributed by atoms with van der Waals surface area (Å²) < 4.78 is 17.2. The van der Waals surface area contributed by atoms with Gasteiger partial charge in [-0.05, 0) is 39.0 Å². The van der Waals surface area contributed by atoms with Crippen LogP contribution in [0.5, 0.6) is 0 Å². The zero-order chi connectivity index (χ0) is 11.6. The highest BCUT2D eigenvalue weighted by molar-refractivity contribution is 5.07. The predicted molar refractivity (Wildman–Crippen MR) is 56.7 cm³/mol. The Balaban J connectivity index is 1.84. The predicted octanol–water partition coefficient (Wildman–Crippen LogP) is 1.41. The Morgan fingerprint density at radius 2 is 2.00 bits per heavy atom. The standard InChI is InChI=1S/C12H20O4/c1-7-4-5-12(13)8(6-7)14-10-9(12)15-11(2,3)16-10/h7-10,13H,4-6H2,1-3H3/t7-,8+,9-,10+,12+/m0/s1. The van der Waals surface area contributed by atoms with E-state index in [4.69, 9.17) is 14.2 Å². The van der Waals surface area contributed by atoms with Gasteiger partial charge in [-0.2, -0.15) is 0 Å². The molecule has 3 rings (SSSR count). The summed E-state index contributed by atoms with van der Waals surface area (Å²) in [5.41, 5.74) is -0.842. The Labute approximate surface area is 95.9 Å². The molecule has 2 aliphatic heterocycles. The minimum Gasteiger partial charge on any atom is -0.384 e. The van der Waals surface area contributed by atoms with Crippen molar-refractivity contribution in [1.29, 1.82) is 0 Å². The molecule has 0 bridgehead atoms. The van der Waals surface area contributed by atoms with Gasteiger partial charge in [-0.3, -0.25) is 0 Å². The van der Waals surface area contributed by atoms with Crippen LogP contribution >= 0.6 is 0 Å². The SMILES string of the molecule is C[C@H]1CC[C@@]2(O)[C@@H](C1)O[C@@H]1OC(C)(C)O[C@@H]12. The molecule has 0 radical (unpaired) electrons. The summed E-state index contributed by atoms with van der Waals surface area (Å²) in [4.78, 5) is 0. The third-order valence-electron chi connectivity index (χ3n) is 4.06. The first-order valence-corrected chi connectivity index (χ1v) is 6.14. The molecule has 3 fully saturated rings. The first-order chi connectivity index (χ1) is 7.41. The average molecular weight is 228 g/mol. The number of ether oxygens (including phenoxy) is 3. The average Bonchev–Trinajstić information content (AvgIpc) is 2.59. The molecule has 0 spiro atoms. The van der Waals surface area contributed by atoms with Crippen LogP contribution in [-0.4, -0.2) is 35.0 Å². The molecule has 0 amide bonds. The van der Waals surface area contributed by atoms with Gasteiger partial charge < -0.3 is 19.3 Å². The Morgan fingerprint density at radius 1 is 1.25 bits per heavy atom. The van der Waals surface area contributed by atoms with E-state index in [-0.39, 0.29) is 12.2 Å². The number of hydrogen-bond acceptors (Lipinski definition) is 4. The largest absolute Gasteiger partial charge is 0.384 e. The van der Waals surface area contributed by atoms with Crippen LogP contribution in [0.25, 0.3) is 0 Å². The number of aliphatic hydroxyl groups is 1. The van der Waals surface area contributed by atoms with Crippen molar-refractivity contribution < 1.29 is 19.3 Å². The van der Waals surface area contributed by atoms with Crippen molar-refractivity contribution in [3.8, 4) is 0 Å². The lowest BCUT2D eigenvalue weighted by Crippen LogP contribution is -2.51. The van der Waals surface area contributed by atoms with Crippen LogP contribution in [0.2, 0.25) is 0 Å². The summed E-state index contributed by atoms with van der Waals surface area (Å²) >= 11 is 0. The second-order valence-electron chi connectivity index (χ2n) is 5.92. The Morgan fingerprint density at radius 3 is 2.75 bits per heavy atom. The molecule has 0 aromatic carbocycles. The van der Waals surface area contributed by atoms with Crippen LogP contribution < -0.4 is 0 Å². The van der Waals surface area contributed by atoms with Crippen LogP contribution in [0.3, 0.4) is 0 Å². The van der Waals surface area contributed by atoms with E-state index in [1.54, 1.807) is 0 Å².